The Bertz CT molecular complexity index is 389. The molecule has 1 saturated heterocycles. The van der Waals surface area contributed by atoms with Crippen LogP contribution in [0.5, 0.6) is 0 Å². The van der Waals surface area contributed by atoms with Crippen LogP contribution in [0.1, 0.15) is 17.9 Å². The maximum Gasteiger partial charge on any atom is 0.269 e. The Morgan fingerprint density at radius 1 is 1.53 bits per heavy atom. The summed E-state index contributed by atoms with van der Waals surface area (Å²) in [5, 5.41) is 14.5. The molecule has 1 unspecified atom stereocenters. The first kappa shape index (κ1) is 10.4. The lowest BCUT2D eigenvalue weighted by Crippen LogP contribution is -2.08. The smallest absolute Gasteiger partial charge is 0.269 e. The molecule has 1 atom stereocenters. The Morgan fingerprint density at radius 3 is 2.93 bits per heavy atom. The van der Waals surface area contributed by atoms with Gasteiger partial charge in [-0.1, -0.05) is 11.6 Å². The number of benzene rings is 1. The van der Waals surface area contributed by atoms with Crippen molar-refractivity contribution < 1.29 is 4.92 Å². The summed E-state index contributed by atoms with van der Waals surface area (Å²) < 4.78 is 0. The maximum atomic E-state index is 10.6. The molecule has 80 valence electrons. The van der Waals surface area contributed by atoms with Crippen LogP contribution in [0.15, 0.2) is 18.2 Å². The zero-order valence-electron chi connectivity index (χ0n) is 8.07. The lowest BCUT2D eigenvalue weighted by Gasteiger charge is -2.10. The van der Waals surface area contributed by atoms with Crippen LogP contribution in [-0.2, 0) is 0 Å². The van der Waals surface area contributed by atoms with Crippen molar-refractivity contribution in [2.45, 2.75) is 12.3 Å². The van der Waals surface area contributed by atoms with E-state index in [2.05, 4.69) is 5.32 Å². The molecule has 15 heavy (non-hydrogen) atoms. The molecule has 0 saturated carbocycles. The van der Waals surface area contributed by atoms with Gasteiger partial charge in [0, 0.05) is 23.7 Å². The summed E-state index contributed by atoms with van der Waals surface area (Å²) in [6.07, 6.45) is 0.987. The third-order valence-electron chi connectivity index (χ3n) is 2.69. The van der Waals surface area contributed by atoms with E-state index in [1.807, 2.05) is 0 Å². The van der Waals surface area contributed by atoms with E-state index >= 15 is 0 Å². The fraction of sp³-hybridized carbons (Fsp3) is 0.400. The van der Waals surface area contributed by atoms with Crippen LogP contribution in [0.3, 0.4) is 0 Å². The van der Waals surface area contributed by atoms with Crippen molar-refractivity contribution in [3.63, 3.8) is 0 Å². The Morgan fingerprint density at radius 2 is 2.33 bits per heavy atom. The Kier molecular flexibility index (Phi) is 2.88. The third kappa shape index (κ3) is 2.11. The fourth-order valence-electron chi connectivity index (χ4n) is 1.88. The first-order valence-corrected chi connectivity index (χ1v) is 5.21. The molecule has 1 aliphatic rings. The number of halogens is 1. The largest absolute Gasteiger partial charge is 0.316 e. The summed E-state index contributed by atoms with van der Waals surface area (Å²) in [5.74, 6) is 0.303. The van der Waals surface area contributed by atoms with Crippen LogP contribution in [0.4, 0.5) is 5.69 Å². The molecule has 0 bridgehead atoms. The highest BCUT2D eigenvalue weighted by molar-refractivity contribution is 6.31. The second kappa shape index (κ2) is 4.16. The van der Waals surface area contributed by atoms with Crippen molar-refractivity contribution in [3.8, 4) is 0 Å². The van der Waals surface area contributed by atoms with E-state index in [0.717, 1.165) is 25.1 Å². The number of hydrogen-bond acceptors (Lipinski definition) is 3. The maximum absolute atomic E-state index is 10.6. The minimum atomic E-state index is -0.387. The topological polar surface area (TPSA) is 55.2 Å². The summed E-state index contributed by atoms with van der Waals surface area (Å²) in [6.45, 7) is 1.80. The van der Waals surface area contributed by atoms with E-state index in [-0.39, 0.29) is 10.6 Å². The average molecular weight is 227 g/mol. The normalized spacial score (nSPS) is 20.5. The minimum absolute atomic E-state index is 0.112. The van der Waals surface area contributed by atoms with E-state index in [1.54, 1.807) is 12.1 Å². The lowest BCUT2D eigenvalue weighted by atomic mass is 9.98. The summed E-state index contributed by atoms with van der Waals surface area (Å²) in [6, 6.07) is 4.63. The Balaban J connectivity index is 2.35. The van der Waals surface area contributed by atoms with Gasteiger partial charge in [0.1, 0.15) is 0 Å². The quantitative estimate of drug-likeness (QED) is 0.622. The first-order chi connectivity index (χ1) is 7.18. The van der Waals surface area contributed by atoms with Crippen LogP contribution >= 0.6 is 11.6 Å². The predicted molar refractivity (Wildman–Crippen MR) is 58.3 cm³/mol. The third-order valence-corrected chi connectivity index (χ3v) is 3.03. The fourth-order valence-corrected chi connectivity index (χ4v) is 2.15. The Hall–Kier alpha value is -1.13. The molecule has 0 spiro atoms. The molecular weight excluding hydrogens is 216 g/mol. The second-order valence-electron chi connectivity index (χ2n) is 3.65. The zero-order valence-corrected chi connectivity index (χ0v) is 8.83. The van der Waals surface area contributed by atoms with E-state index in [9.17, 15) is 10.1 Å². The molecule has 1 aliphatic heterocycles. The van der Waals surface area contributed by atoms with Crippen molar-refractivity contribution >= 4 is 17.3 Å². The van der Waals surface area contributed by atoms with E-state index in [1.165, 1.54) is 6.07 Å². The van der Waals surface area contributed by atoms with Gasteiger partial charge in [-0.2, -0.15) is 0 Å². The van der Waals surface area contributed by atoms with Gasteiger partial charge in [-0.05, 0) is 30.5 Å². The van der Waals surface area contributed by atoms with Crippen molar-refractivity contribution in [2.24, 2.45) is 0 Å². The summed E-state index contributed by atoms with van der Waals surface area (Å²) in [7, 11) is 0. The molecule has 0 aromatic heterocycles. The summed E-state index contributed by atoms with van der Waals surface area (Å²) >= 11 is 6.03. The molecule has 2 rings (SSSR count). The van der Waals surface area contributed by atoms with Gasteiger partial charge < -0.3 is 5.32 Å². The SMILES string of the molecule is O=[N+]([O-])c1ccc(Cl)c(C2CCNC2)c1. The molecule has 1 aromatic rings. The van der Waals surface area contributed by atoms with Crippen molar-refractivity contribution in [1.29, 1.82) is 0 Å². The molecule has 0 aliphatic carbocycles. The van der Waals surface area contributed by atoms with Crippen molar-refractivity contribution in [3.05, 3.63) is 38.9 Å². The van der Waals surface area contributed by atoms with Gasteiger partial charge in [-0.15, -0.1) is 0 Å². The highest BCUT2D eigenvalue weighted by Gasteiger charge is 2.21. The highest BCUT2D eigenvalue weighted by Crippen LogP contribution is 2.31. The molecule has 1 fully saturated rings. The van der Waals surface area contributed by atoms with Gasteiger partial charge in [0.15, 0.2) is 0 Å². The number of nitro benzene ring substituents is 1. The van der Waals surface area contributed by atoms with Crippen LogP contribution in [0, 0.1) is 10.1 Å². The van der Waals surface area contributed by atoms with E-state index in [4.69, 9.17) is 11.6 Å². The van der Waals surface area contributed by atoms with Gasteiger partial charge in [0.05, 0.1) is 4.92 Å². The standard InChI is InChI=1S/C10H11ClN2O2/c11-10-2-1-8(13(14)15)5-9(10)7-3-4-12-6-7/h1-2,5,7,12H,3-4,6H2. The van der Waals surface area contributed by atoms with E-state index in [0.29, 0.717) is 10.9 Å². The number of rotatable bonds is 2. The number of hydrogen-bond donors (Lipinski definition) is 1. The molecular formula is C10H11ClN2O2. The lowest BCUT2D eigenvalue weighted by molar-refractivity contribution is -0.384. The highest BCUT2D eigenvalue weighted by atomic mass is 35.5. The van der Waals surface area contributed by atoms with Gasteiger partial charge >= 0.3 is 0 Å². The summed E-state index contributed by atoms with van der Waals surface area (Å²) in [4.78, 5) is 10.2. The van der Waals surface area contributed by atoms with Crippen LogP contribution in [-0.4, -0.2) is 18.0 Å². The van der Waals surface area contributed by atoms with E-state index < -0.39 is 0 Å². The molecule has 1 aromatic carbocycles. The number of nitrogens with zero attached hydrogens (tertiary/aromatic N) is 1. The zero-order chi connectivity index (χ0) is 10.8. The Labute approximate surface area is 92.4 Å². The molecule has 0 radical (unpaired) electrons. The molecule has 4 nitrogen and oxygen atoms in total. The monoisotopic (exact) mass is 226 g/mol. The second-order valence-corrected chi connectivity index (χ2v) is 4.06. The molecule has 5 heteroatoms. The minimum Gasteiger partial charge on any atom is -0.316 e. The van der Waals surface area contributed by atoms with Gasteiger partial charge in [0.25, 0.3) is 5.69 Å². The van der Waals surface area contributed by atoms with Gasteiger partial charge in [-0.25, -0.2) is 0 Å². The van der Waals surface area contributed by atoms with Gasteiger partial charge in [-0.3, -0.25) is 10.1 Å². The number of non-ortho nitro benzene ring substituents is 1. The van der Waals surface area contributed by atoms with Crippen molar-refractivity contribution in [1.82, 2.24) is 5.32 Å². The van der Waals surface area contributed by atoms with Gasteiger partial charge in [0.2, 0.25) is 0 Å². The van der Waals surface area contributed by atoms with Crippen LogP contribution in [0.25, 0.3) is 0 Å². The average Bonchev–Trinajstić information content (AvgIpc) is 2.71. The number of nitro groups is 1. The van der Waals surface area contributed by atoms with Crippen LogP contribution < -0.4 is 5.32 Å². The molecule has 0 amide bonds. The number of nitrogens with one attached hydrogen (secondary N) is 1. The predicted octanol–water partition coefficient (Wildman–Crippen LogP) is 2.33. The van der Waals surface area contributed by atoms with Crippen molar-refractivity contribution in [2.75, 3.05) is 13.1 Å². The molecule has 1 N–H and O–H groups in total. The summed E-state index contributed by atoms with van der Waals surface area (Å²) in [5.41, 5.74) is 0.997. The molecule has 1 heterocycles. The van der Waals surface area contributed by atoms with Crippen LogP contribution in [0.2, 0.25) is 5.02 Å². The first-order valence-electron chi connectivity index (χ1n) is 4.83.